The Bertz CT molecular complexity index is 554. The molecule has 0 bridgehead atoms. The van der Waals surface area contributed by atoms with Gasteiger partial charge in [-0.2, -0.15) is 5.06 Å². The second-order valence-electron chi connectivity index (χ2n) is 4.30. The normalized spacial score (nSPS) is 11.2. The fourth-order valence-electron chi connectivity index (χ4n) is 1.89. The van der Waals surface area contributed by atoms with Gasteiger partial charge in [0.1, 0.15) is 6.54 Å². The van der Waals surface area contributed by atoms with Crippen molar-refractivity contribution in [2.75, 3.05) is 20.3 Å². The molecule has 20 heavy (non-hydrogen) atoms. The molecule has 1 heterocycles. The van der Waals surface area contributed by atoms with E-state index in [1.165, 1.54) is 0 Å². The molecule has 1 aromatic carbocycles. The van der Waals surface area contributed by atoms with E-state index in [0.717, 1.165) is 17.0 Å². The van der Waals surface area contributed by atoms with Crippen molar-refractivity contribution in [3.8, 4) is 11.3 Å². The third-order valence-corrected chi connectivity index (χ3v) is 3.12. The van der Waals surface area contributed by atoms with Crippen LogP contribution in [0.2, 0.25) is 5.02 Å². The van der Waals surface area contributed by atoms with Gasteiger partial charge in [-0.05, 0) is 31.2 Å². The maximum atomic E-state index is 8.92. The van der Waals surface area contributed by atoms with Crippen LogP contribution in [0.4, 0.5) is 0 Å². The summed E-state index contributed by atoms with van der Waals surface area (Å²) in [6.45, 7) is 2.68. The monoisotopic (exact) mass is 296 g/mol. The molecule has 6 heteroatoms. The molecule has 108 valence electrons. The van der Waals surface area contributed by atoms with Gasteiger partial charge in [-0.25, -0.2) is 4.98 Å². The van der Waals surface area contributed by atoms with Crippen LogP contribution in [0.15, 0.2) is 28.7 Å². The molecule has 0 atom stereocenters. The lowest BCUT2D eigenvalue weighted by Crippen LogP contribution is -2.25. The summed E-state index contributed by atoms with van der Waals surface area (Å²) in [4.78, 5) is 9.50. The Kier molecular flexibility index (Phi) is 5.14. The molecule has 2 rings (SSSR count). The third-order valence-electron chi connectivity index (χ3n) is 2.87. The summed E-state index contributed by atoms with van der Waals surface area (Å²) in [5, 5.41) is 11.2. The number of aromatic nitrogens is 1. The first-order chi connectivity index (χ1) is 9.63. The van der Waals surface area contributed by atoms with Crippen molar-refractivity contribution in [1.29, 1.82) is 0 Å². The second kappa shape index (κ2) is 6.85. The molecule has 0 aliphatic carbocycles. The number of halogens is 1. The number of hydrogen-bond acceptors (Lipinski definition) is 5. The van der Waals surface area contributed by atoms with E-state index in [9.17, 15) is 0 Å². The van der Waals surface area contributed by atoms with Gasteiger partial charge >= 0.3 is 0 Å². The van der Waals surface area contributed by atoms with Gasteiger partial charge in [0.25, 0.3) is 0 Å². The molecule has 0 spiro atoms. The zero-order valence-corrected chi connectivity index (χ0v) is 12.2. The van der Waals surface area contributed by atoms with Crippen molar-refractivity contribution < 1.29 is 14.4 Å². The summed E-state index contributed by atoms with van der Waals surface area (Å²) < 4.78 is 5.76. The highest BCUT2D eigenvalue weighted by atomic mass is 35.5. The van der Waals surface area contributed by atoms with Crippen LogP contribution in [0.25, 0.3) is 11.3 Å². The van der Waals surface area contributed by atoms with Crippen LogP contribution in [0.3, 0.4) is 0 Å². The fourth-order valence-corrected chi connectivity index (χ4v) is 2.01. The van der Waals surface area contributed by atoms with Gasteiger partial charge in [-0.15, -0.1) is 0 Å². The summed E-state index contributed by atoms with van der Waals surface area (Å²) in [6, 6.07) is 7.40. The number of oxazole rings is 1. The Labute approximate surface area is 122 Å². The first-order valence-electron chi connectivity index (χ1n) is 6.26. The number of benzene rings is 1. The highest BCUT2D eigenvalue weighted by molar-refractivity contribution is 6.30. The van der Waals surface area contributed by atoms with Crippen molar-refractivity contribution >= 4 is 11.6 Å². The minimum atomic E-state index is 0.0115. The van der Waals surface area contributed by atoms with Gasteiger partial charge in [-0.3, -0.25) is 0 Å². The average molecular weight is 297 g/mol. The second-order valence-corrected chi connectivity index (χ2v) is 4.74. The molecular weight excluding hydrogens is 280 g/mol. The highest BCUT2D eigenvalue weighted by Crippen LogP contribution is 2.26. The Morgan fingerprint density at radius 3 is 2.65 bits per heavy atom. The van der Waals surface area contributed by atoms with E-state index in [4.69, 9.17) is 26.0 Å². The predicted octanol–water partition coefficient (Wildman–Crippen LogP) is 2.66. The lowest BCUT2D eigenvalue weighted by molar-refractivity contribution is -0.148. The smallest absolute Gasteiger partial charge is 0.211 e. The van der Waals surface area contributed by atoms with Gasteiger partial charge in [0.15, 0.2) is 5.76 Å². The lowest BCUT2D eigenvalue weighted by Gasteiger charge is -2.15. The fraction of sp³-hybridized carbons (Fsp3) is 0.357. The van der Waals surface area contributed by atoms with Crippen LogP contribution in [-0.2, 0) is 11.4 Å². The van der Waals surface area contributed by atoms with Crippen LogP contribution < -0.4 is 0 Å². The number of hydrogen-bond donors (Lipinski definition) is 1. The Hall–Kier alpha value is -1.40. The molecule has 1 aromatic heterocycles. The zero-order chi connectivity index (χ0) is 14.5. The Balaban J connectivity index is 2.18. The summed E-state index contributed by atoms with van der Waals surface area (Å²) in [7, 11) is 1.55. The third kappa shape index (κ3) is 3.58. The molecule has 1 N–H and O–H groups in total. The molecule has 2 aromatic rings. The lowest BCUT2D eigenvalue weighted by atomic mass is 10.1. The average Bonchev–Trinajstić information content (AvgIpc) is 2.80. The van der Waals surface area contributed by atoms with E-state index in [0.29, 0.717) is 24.0 Å². The van der Waals surface area contributed by atoms with Gasteiger partial charge in [0.2, 0.25) is 5.89 Å². The predicted molar refractivity (Wildman–Crippen MR) is 76.2 cm³/mol. The summed E-state index contributed by atoms with van der Waals surface area (Å²) in [5.74, 6) is 1.26. The molecule has 0 fully saturated rings. The molecule has 0 amide bonds. The standard InChI is InChI=1S/C14H17ClN2O3/c1-10-14(11-3-5-12(15)6-4-11)20-13(16-10)9-17(19-2)7-8-18/h3-6,18H,7-9H2,1-2H3. The topological polar surface area (TPSA) is 58.7 Å². The quantitative estimate of drug-likeness (QED) is 0.831. The molecule has 5 nitrogen and oxygen atoms in total. The molecule has 0 aliphatic heterocycles. The van der Waals surface area contributed by atoms with Crippen LogP contribution in [0.1, 0.15) is 11.6 Å². The van der Waals surface area contributed by atoms with Crippen molar-refractivity contribution in [3.63, 3.8) is 0 Å². The number of aliphatic hydroxyl groups is 1. The SMILES string of the molecule is CON(CCO)Cc1nc(C)c(-c2ccc(Cl)cc2)o1. The summed E-state index contributed by atoms with van der Waals surface area (Å²) >= 11 is 5.87. The Morgan fingerprint density at radius 1 is 1.35 bits per heavy atom. The number of hydroxylamine groups is 2. The molecule has 0 radical (unpaired) electrons. The number of nitrogens with zero attached hydrogens (tertiary/aromatic N) is 2. The summed E-state index contributed by atoms with van der Waals surface area (Å²) in [6.07, 6.45) is 0. The maximum absolute atomic E-state index is 8.92. The van der Waals surface area contributed by atoms with E-state index in [1.54, 1.807) is 12.2 Å². The number of rotatable bonds is 6. The van der Waals surface area contributed by atoms with E-state index in [2.05, 4.69) is 4.98 Å². The Morgan fingerprint density at radius 2 is 2.05 bits per heavy atom. The van der Waals surface area contributed by atoms with Gasteiger partial charge in [0, 0.05) is 17.1 Å². The van der Waals surface area contributed by atoms with E-state index < -0.39 is 0 Å². The maximum Gasteiger partial charge on any atom is 0.211 e. The largest absolute Gasteiger partial charge is 0.439 e. The van der Waals surface area contributed by atoms with Crippen molar-refractivity contribution in [3.05, 3.63) is 40.9 Å². The minimum Gasteiger partial charge on any atom is -0.439 e. The van der Waals surface area contributed by atoms with E-state index in [1.807, 2.05) is 31.2 Å². The first kappa shape index (κ1) is 15.0. The molecule has 0 aliphatic rings. The van der Waals surface area contributed by atoms with E-state index in [-0.39, 0.29) is 6.61 Å². The number of aryl methyl sites for hydroxylation is 1. The molecule has 0 saturated heterocycles. The number of aliphatic hydroxyl groups excluding tert-OH is 1. The van der Waals surface area contributed by atoms with Crippen LogP contribution in [0, 0.1) is 6.92 Å². The van der Waals surface area contributed by atoms with Crippen LogP contribution in [0.5, 0.6) is 0 Å². The first-order valence-corrected chi connectivity index (χ1v) is 6.64. The van der Waals surface area contributed by atoms with Crippen LogP contribution >= 0.6 is 11.6 Å². The summed E-state index contributed by atoms with van der Waals surface area (Å²) in [5.41, 5.74) is 1.74. The van der Waals surface area contributed by atoms with Crippen molar-refractivity contribution in [1.82, 2.24) is 10.0 Å². The van der Waals surface area contributed by atoms with Gasteiger partial charge < -0.3 is 14.4 Å². The molecule has 0 unspecified atom stereocenters. The zero-order valence-electron chi connectivity index (χ0n) is 11.5. The van der Waals surface area contributed by atoms with Crippen molar-refractivity contribution in [2.24, 2.45) is 0 Å². The highest BCUT2D eigenvalue weighted by Gasteiger charge is 2.14. The minimum absolute atomic E-state index is 0.0115. The van der Waals surface area contributed by atoms with Crippen molar-refractivity contribution in [2.45, 2.75) is 13.5 Å². The molecular formula is C14H17ClN2O3. The van der Waals surface area contributed by atoms with E-state index >= 15 is 0 Å². The van der Waals surface area contributed by atoms with Gasteiger partial charge in [-0.1, -0.05) is 11.6 Å². The molecule has 0 saturated carbocycles. The van der Waals surface area contributed by atoms with Gasteiger partial charge in [0.05, 0.1) is 19.4 Å². The van der Waals surface area contributed by atoms with Crippen LogP contribution in [-0.4, -0.2) is 35.4 Å².